The van der Waals surface area contributed by atoms with Crippen molar-refractivity contribution in [2.75, 3.05) is 5.88 Å². The van der Waals surface area contributed by atoms with Gasteiger partial charge in [-0.05, 0) is 55.7 Å². The molecular weight excluding hydrogens is 544 g/mol. The number of carbonyl (C=O) groups is 3. The maximum absolute atomic E-state index is 13.9. The molecule has 0 spiro atoms. The smallest absolute Gasteiger partial charge is 0.254 e. The van der Waals surface area contributed by atoms with Crippen LogP contribution in [0.4, 0.5) is 0 Å². The molecule has 0 aromatic heterocycles. The lowest BCUT2D eigenvalue weighted by Crippen LogP contribution is -2.73. The Morgan fingerprint density at radius 2 is 1.78 bits per heavy atom. The Morgan fingerprint density at radius 1 is 1.07 bits per heavy atom. The minimum absolute atomic E-state index is 0.0504. The molecule has 2 aliphatic heterocycles. The summed E-state index contributed by atoms with van der Waals surface area (Å²) in [6, 6.07) is 17.0. The summed E-state index contributed by atoms with van der Waals surface area (Å²) < 4.78 is 0. The number of aromatic hydroxyl groups is 2. The van der Waals surface area contributed by atoms with Crippen molar-refractivity contribution in [1.29, 1.82) is 0 Å². The lowest BCUT2D eigenvalue weighted by atomic mass is 9.91. The highest BCUT2D eigenvalue weighted by Crippen LogP contribution is 2.51. The molecule has 0 saturated carbocycles. The van der Waals surface area contributed by atoms with Crippen molar-refractivity contribution in [3.05, 3.63) is 100.0 Å². The molecule has 4 atom stereocenters. The highest BCUT2D eigenvalue weighted by atomic mass is 32.2. The number of likely N-dealkylation sites (tertiary alicyclic amines) is 1. The number of phenols is 2. The number of benzene rings is 3. The fraction of sp³-hybridized carbons (Fsp3) is 0.300. The number of carbonyl (C=O) groups excluding carboxylic acids is 3. The molecule has 11 heteroatoms. The van der Waals surface area contributed by atoms with E-state index in [0.29, 0.717) is 5.56 Å². The summed E-state index contributed by atoms with van der Waals surface area (Å²) in [4.78, 5) is 55.0. The van der Waals surface area contributed by atoms with Gasteiger partial charge in [0.15, 0.2) is 6.04 Å². The summed E-state index contributed by atoms with van der Waals surface area (Å²) in [5, 5.41) is 25.9. The van der Waals surface area contributed by atoms with Gasteiger partial charge in [0.1, 0.15) is 22.4 Å². The number of amides is 3. The normalized spacial score (nSPS) is 21.0. The van der Waals surface area contributed by atoms with Gasteiger partial charge >= 0.3 is 0 Å². The molecule has 2 heterocycles. The molecule has 41 heavy (non-hydrogen) atoms. The van der Waals surface area contributed by atoms with Crippen molar-refractivity contribution < 1.29 is 24.6 Å². The van der Waals surface area contributed by atoms with E-state index in [-0.39, 0.29) is 41.8 Å². The van der Waals surface area contributed by atoms with Gasteiger partial charge in [-0.1, -0.05) is 53.7 Å². The summed E-state index contributed by atoms with van der Waals surface area (Å²) in [5.41, 5.74) is 2.11. The average Bonchev–Trinajstić information content (AvgIpc) is 3.27. The van der Waals surface area contributed by atoms with E-state index in [2.05, 4.69) is 10.5 Å². The average molecular weight is 575 g/mol. The number of fused-ring (bicyclic) bond motifs is 1. The van der Waals surface area contributed by atoms with Crippen molar-refractivity contribution in [3.8, 4) is 11.5 Å². The zero-order valence-electron chi connectivity index (χ0n) is 22.6. The van der Waals surface area contributed by atoms with Crippen LogP contribution in [0.3, 0.4) is 0 Å². The highest BCUT2D eigenvalue weighted by molar-refractivity contribution is 8.01. The lowest BCUT2D eigenvalue weighted by Gasteiger charge is -2.52. The molecule has 212 valence electrons. The second-order valence-corrected chi connectivity index (χ2v) is 11.8. The van der Waals surface area contributed by atoms with Crippen molar-refractivity contribution in [2.24, 2.45) is 5.18 Å². The Hall–Kier alpha value is -4.38. The van der Waals surface area contributed by atoms with Crippen molar-refractivity contribution >= 4 is 29.5 Å². The quantitative estimate of drug-likeness (QED) is 0.262. The lowest BCUT2D eigenvalue weighted by molar-refractivity contribution is -0.165. The summed E-state index contributed by atoms with van der Waals surface area (Å²) in [6.45, 7) is 3.74. The standard InChI is InChI=1S/C30H30N4O6S/c1-18-22(12-7-13-24(18)36)27(37)31-23(15-19-8-4-3-5-9-19)25(32-40)28(38)33-17-41-30(2)26(33)29(39)34(30)16-20-10-6-11-21(35)14-20/h3-14,23,25-26,35-36H,15-17H2,1-2H3,(H,31,37)/t23-,25-,26+,30?/m0/s1. The Balaban J connectivity index is 1.38. The van der Waals surface area contributed by atoms with Crippen LogP contribution in [-0.2, 0) is 22.6 Å². The number of hydrogen-bond donors (Lipinski definition) is 3. The zero-order chi connectivity index (χ0) is 29.3. The third-order valence-electron chi connectivity index (χ3n) is 7.80. The first kappa shape index (κ1) is 28.2. The molecule has 3 aromatic carbocycles. The summed E-state index contributed by atoms with van der Waals surface area (Å²) >= 11 is 1.41. The zero-order valence-corrected chi connectivity index (χ0v) is 23.4. The molecule has 3 amide bonds. The molecule has 10 nitrogen and oxygen atoms in total. The molecule has 0 aliphatic carbocycles. The van der Waals surface area contributed by atoms with Crippen LogP contribution in [0.15, 0.2) is 78.0 Å². The largest absolute Gasteiger partial charge is 0.508 e. The Labute approximate surface area is 241 Å². The van der Waals surface area contributed by atoms with Crippen LogP contribution >= 0.6 is 11.8 Å². The first-order chi connectivity index (χ1) is 19.6. The second-order valence-electron chi connectivity index (χ2n) is 10.4. The van der Waals surface area contributed by atoms with Crippen LogP contribution in [0.25, 0.3) is 0 Å². The number of thioether (sulfide) groups is 1. The number of nitroso groups, excluding NO2 is 1. The topological polar surface area (TPSA) is 140 Å². The molecular formula is C30H30N4O6S. The number of phenolic OH excluding ortho intramolecular Hbond substituents is 2. The van der Waals surface area contributed by atoms with Gasteiger partial charge in [0.2, 0.25) is 5.91 Å². The molecule has 5 rings (SSSR count). The number of nitrogens with one attached hydrogen (secondary N) is 1. The minimum atomic E-state index is -1.49. The third kappa shape index (κ3) is 5.24. The van der Waals surface area contributed by atoms with E-state index in [9.17, 15) is 29.5 Å². The predicted octanol–water partition coefficient (Wildman–Crippen LogP) is 3.54. The van der Waals surface area contributed by atoms with Crippen LogP contribution in [-0.4, -0.2) is 66.6 Å². The number of β-lactam (4-membered cyclic amide) rings is 1. The van der Waals surface area contributed by atoms with Crippen LogP contribution in [0.1, 0.15) is 34.0 Å². The minimum Gasteiger partial charge on any atom is -0.508 e. The molecule has 0 radical (unpaired) electrons. The number of rotatable bonds is 9. The third-order valence-corrected chi connectivity index (χ3v) is 9.23. The fourth-order valence-corrected chi connectivity index (χ4v) is 6.85. The summed E-state index contributed by atoms with van der Waals surface area (Å²) in [6.07, 6.45) is 0.146. The molecule has 3 N–H and O–H groups in total. The van der Waals surface area contributed by atoms with Crippen molar-refractivity contribution in [1.82, 2.24) is 15.1 Å². The Bertz CT molecular complexity index is 1500. The highest BCUT2D eigenvalue weighted by Gasteiger charge is 2.65. The van der Waals surface area contributed by atoms with Crippen molar-refractivity contribution in [2.45, 2.75) is 49.8 Å². The van der Waals surface area contributed by atoms with E-state index in [4.69, 9.17) is 0 Å². The van der Waals surface area contributed by atoms with E-state index >= 15 is 0 Å². The molecule has 1 unspecified atom stereocenters. The van der Waals surface area contributed by atoms with Gasteiger partial charge in [-0.2, -0.15) is 0 Å². The van der Waals surface area contributed by atoms with Gasteiger partial charge in [0.05, 0.1) is 11.9 Å². The number of hydrogen-bond acceptors (Lipinski definition) is 8. The second kappa shape index (κ2) is 11.2. The summed E-state index contributed by atoms with van der Waals surface area (Å²) in [5.74, 6) is -1.24. The first-order valence-electron chi connectivity index (χ1n) is 13.1. The van der Waals surface area contributed by atoms with Gasteiger partial charge < -0.3 is 25.3 Å². The summed E-state index contributed by atoms with van der Waals surface area (Å²) in [7, 11) is 0. The monoisotopic (exact) mass is 574 g/mol. The Morgan fingerprint density at radius 3 is 2.49 bits per heavy atom. The van der Waals surface area contributed by atoms with E-state index in [1.165, 1.54) is 28.8 Å². The number of nitrogens with zero attached hydrogens (tertiary/aromatic N) is 3. The predicted molar refractivity (Wildman–Crippen MR) is 154 cm³/mol. The SMILES string of the molecule is Cc1c(O)cccc1C(=O)N[C@@H](Cc1ccccc1)[C@H](N=O)C(=O)N1CSC2(C)[C@H]1C(=O)N2Cc1cccc(O)c1. The van der Waals surface area contributed by atoms with E-state index < -0.39 is 34.8 Å². The van der Waals surface area contributed by atoms with Gasteiger partial charge in [0.25, 0.3) is 11.8 Å². The van der Waals surface area contributed by atoms with Crippen LogP contribution in [0.5, 0.6) is 11.5 Å². The van der Waals surface area contributed by atoms with Gasteiger partial charge in [-0.15, -0.1) is 16.7 Å². The first-order valence-corrected chi connectivity index (χ1v) is 14.1. The molecule has 0 bridgehead atoms. The van der Waals surface area contributed by atoms with E-state index in [1.54, 1.807) is 36.1 Å². The van der Waals surface area contributed by atoms with Crippen molar-refractivity contribution in [3.63, 3.8) is 0 Å². The van der Waals surface area contributed by atoms with Gasteiger partial charge in [0, 0.05) is 17.7 Å². The van der Waals surface area contributed by atoms with Crippen LogP contribution in [0.2, 0.25) is 0 Å². The van der Waals surface area contributed by atoms with E-state index in [1.807, 2.05) is 43.3 Å². The maximum Gasteiger partial charge on any atom is 0.254 e. The van der Waals surface area contributed by atoms with Crippen LogP contribution in [0, 0.1) is 11.8 Å². The molecule has 3 aromatic rings. The molecule has 2 saturated heterocycles. The Kier molecular flexibility index (Phi) is 7.72. The maximum atomic E-state index is 13.9. The van der Waals surface area contributed by atoms with Gasteiger partial charge in [-0.25, -0.2) is 0 Å². The fourth-order valence-electron chi connectivity index (χ4n) is 5.48. The van der Waals surface area contributed by atoms with Gasteiger partial charge in [-0.3, -0.25) is 14.4 Å². The molecule has 2 aliphatic rings. The molecule has 2 fully saturated rings. The van der Waals surface area contributed by atoms with E-state index in [0.717, 1.165) is 11.1 Å². The van der Waals surface area contributed by atoms with Crippen LogP contribution < -0.4 is 5.32 Å².